The molecular formula is C18H34N4. The minimum atomic E-state index is 0.629. The first-order chi connectivity index (χ1) is 10.4. The number of nitrogens with zero attached hydrogens (tertiary/aromatic N) is 2. The third-order valence-corrected chi connectivity index (χ3v) is 3.61. The molecule has 0 amide bonds. The molecular weight excluding hydrogens is 272 g/mol. The van der Waals surface area contributed by atoms with Crippen LogP contribution >= 0.6 is 0 Å². The zero-order chi connectivity index (χ0) is 17.0. The van der Waals surface area contributed by atoms with Crippen LogP contribution in [0.25, 0.3) is 0 Å². The molecule has 0 bridgehead atoms. The summed E-state index contributed by atoms with van der Waals surface area (Å²) >= 11 is 0. The van der Waals surface area contributed by atoms with Crippen molar-refractivity contribution in [1.29, 1.82) is 0 Å². The number of hydrogen-bond donors (Lipinski definition) is 2. The molecule has 0 saturated heterocycles. The van der Waals surface area contributed by atoms with Gasteiger partial charge in [-0.2, -0.15) is 0 Å². The SMILES string of the molecule is C=CN(CC)CCCCCC(=C)NCC(=C)N(C)CC(=C)N. The van der Waals surface area contributed by atoms with Crippen LogP contribution in [0.3, 0.4) is 0 Å². The second kappa shape index (κ2) is 11.8. The van der Waals surface area contributed by atoms with Crippen molar-refractivity contribution in [3.8, 4) is 0 Å². The molecule has 0 fully saturated rings. The van der Waals surface area contributed by atoms with E-state index in [4.69, 9.17) is 5.73 Å². The third kappa shape index (κ3) is 9.97. The Morgan fingerprint density at radius 2 is 1.86 bits per heavy atom. The van der Waals surface area contributed by atoms with E-state index in [0.29, 0.717) is 18.8 Å². The Labute approximate surface area is 137 Å². The first-order valence-corrected chi connectivity index (χ1v) is 8.01. The second-order valence-electron chi connectivity index (χ2n) is 5.66. The van der Waals surface area contributed by atoms with Gasteiger partial charge in [0.2, 0.25) is 0 Å². The van der Waals surface area contributed by atoms with Gasteiger partial charge in [-0.15, -0.1) is 0 Å². The van der Waals surface area contributed by atoms with Gasteiger partial charge >= 0.3 is 0 Å². The van der Waals surface area contributed by atoms with Crippen molar-refractivity contribution in [2.45, 2.75) is 32.6 Å². The standard InChI is InChI=1S/C18H34N4/c1-7-22(8-2)13-11-9-10-12-17(4)20-14-18(5)21(6)15-16(3)19/h7,20H,1,3-5,8-15,19H2,2,6H3. The highest BCUT2D eigenvalue weighted by Gasteiger charge is 2.03. The predicted molar refractivity (Wildman–Crippen MR) is 98.2 cm³/mol. The largest absolute Gasteiger partial charge is 0.401 e. The average molecular weight is 306 g/mol. The molecule has 0 aliphatic heterocycles. The monoisotopic (exact) mass is 306 g/mol. The lowest BCUT2D eigenvalue weighted by atomic mass is 10.1. The lowest BCUT2D eigenvalue weighted by Gasteiger charge is -2.22. The van der Waals surface area contributed by atoms with Crippen LogP contribution in [-0.2, 0) is 0 Å². The summed E-state index contributed by atoms with van der Waals surface area (Å²) in [6, 6.07) is 0. The number of rotatable bonds is 14. The van der Waals surface area contributed by atoms with Crippen molar-refractivity contribution < 1.29 is 0 Å². The molecule has 0 aliphatic carbocycles. The molecule has 0 unspecified atom stereocenters. The molecule has 0 spiro atoms. The molecule has 0 aromatic heterocycles. The Bertz CT molecular complexity index is 373. The van der Waals surface area contributed by atoms with Crippen molar-refractivity contribution in [3.05, 3.63) is 49.6 Å². The summed E-state index contributed by atoms with van der Waals surface area (Å²) in [4.78, 5) is 4.23. The van der Waals surface area contributed by atoms with Crippen LogP contribution < -0.4 is 11.1 Å². The molecule has 0 saturated carbocycles. The van der Waals surface area contributed by atoms with E-state index in [1.165, 1.54) is 12.8 Å². The summed E-state index contributed by atoms with van der Waals surface area (Å²) in [6.07, 6.45) is 6.47. The van der Waals surface area contributed by atoms with Gasteiger partial charge in [-0.25, -0.2) is 0 Å². The van der Waals surface area contributed by atoms with Gasteiger partial charge in [0.15, 0.2) is 0 Å². The highest BCUT2D eigenvalue weighted by Crippen LogP contribution is 2.07. The summed E-state index contributed by atoms with van der Waals surface area (Å²) in [7, 11) is 1.96. The third-order valence-electron chi connectivity index (χ3n) is 3.61. The summed E-state index contributed by atoms with van der Waals surface area (Å²) in [5, 5.41) is 3.33. The Kier molecular flexibility index (Phi) is 10.8. The number of nitrogens with one attached hydrogen (secondary N) is 1. The van der Waals surface area contributed by atoms with Crippen LogP contribution in [0.2, 0.25) is 0 Å². The van der Waals surface area contributed by atoms with Crippen LogP contribution in [0.4, 0.5) is 0 Å². The van der Waals surface area contributed by atoms with E-state index < -0.39 is 0 Å². The second-order valence-corrected chi connectivity index (χ2v) is 5.66. The molecule has 0 rings (SSSR count). The van der Waals surface area contributed by atoms with Crippen molar-refractivity contribution in [1.82, 2.24) is 15.1 Å². The fraction of sp³-hybridized carbons (Fsp3) is 0.556. The van der Waals surface area contributed by atoms with E-state index >= 15 is 0 Å². The van der Waals surface area contributed by atoms with Crippen LogP contribution in [-0.4, -0.2) is 43.0 Å². The van der Waals surface area contributed by atoms with Crippen molar-refractivity contribution in [2.75, 3.05) is 33.2 Å². The van der Waals surface area contributed by atoms with Gasteiger partial charge in [0, 0.05) is 37.2 Å². The minimum absolute atomic E-state index is 0.629. The lowest BCUT2D eigenvalue weighted by molar-refractivity contribution is 0.381. The number of allylic oxidation sites excluding steroid dienone is 1. The molecule has 22 heavy (non-hydrogen) atoms. The normalized spacial score (nSPS) is 9.91. The Morgan fingerprint density at radius 1 is 1.18 bits per heavy atom. The Balaban J connectivity index is 3.71. The minimum Gasteiger partial charge on any atom is -0.401 e. The number of unbranched alkanes of at least 4 members (excludes halogenated alkanes) is 2. The van der Waals surface area contributed by atoms with E-state index in [-0.39, 0.29) is 0 Å². The summed E-state index contributed by atoms with van der Waals surface area (Å²) < 4.78 is 0. The molecule has 4 heteroatoms. The quantitative estimate of drug-likeness (QED) is 0.484. The molecule has 0 aromatic rings. The maximum absolute atomic E-state index is 5.60. The van der Waals surface area contributed by atoms with Crippen LogP contribution in [0.5, 0.6) is 0 Å². The highest BCUT2D eigenvalue weighted by atomic mass is 15.1. The molecule has 0 heterocycles. The number of likely N-dealkylation sites (N-methyl/N-ethyl adjacent to an activating group) is 1. The fourth-order valence-electron chi connectivity index (χ4n) is 2.08. The zero-order valence-corrected chi connectivity index (χ0v) is 14.5. The van der Waals surface area contributed by atoms with Gasteiger partial charge in [0.1, 0.15) is 0 Å². The van der Waals surface area contributed by atoms with Gasteiger partial charge < -0.3 is 20.9 Å². The van der Waals surface area contributed by atoms with Crippen LogP contribution in [0, 0.1) is 0 Å². The van der Waals surface area contributed by atoms with Crippen molar-refractivity contribution in [2.24, 2.45) is 5.73 Å². The van der Waals surface area contributed by atoms with Gasteiger partial charge in [-0.05, 0) is 32.4 Å². The lowest BCUT2D eigenvalue weighted by Crippen LogP contribution is -2.28. The van der Waals surface area contributed by atoms with Crippen LogP contribution in [0.15, 0.2) is 49.6 Å². The van der Waals surface area contributed by atoms with E-state index in [9.17, 15) is 0 Å². The van der Waals surface area contributed by atoms with Crippen LogP contribution in [0.1, 0.15) is 32.6 Å². The van der Waals surface area contributed by atoms with E-state index in [0.717, 1.165) is 37.3 Å². The number of hydrogen-bond acceptors (Lipinski definition) is 4. The molecule has 126 valence electrons. The van der Waals surface area contributed by atoms with Crippen molar-refractivity contribution >= 4 is 0 Å². The highest BCUT2D eigenvalue weighted by molar-refractivity contribution is 5.04. The van der Waals surface area contributed by atoms with Gasteiger partial charge in [-0.3, -0.25) is 0 Å². The smallest absolute Gasteiger partial charge is 0.0562 e. The topological polar surface area (TPSA) is 44.5 Å². The summed E-state index contributed by atoms with van der Waals surface area (Å²) in [5.74, 6) is 0. The van der Waals surface area contributed by atoms with Gasteiger partial charge in [0.05, 0.1) is 13.1 Å². The molecule has 4 nitrogen and oxygen atoms in total. The first kappa shape index (κ1) is 20.2. The molecule has 0 radical (unpaired) electrons. The average Bonchev–Trinajstić information content (AvgIpc) is 2.47. The van der Waals surface area contributed by atoms with Gasteiger partial charge in [0.25, 0.3) is 0 Å². The Morgan fingerprint density at radius 3 is 2.41 bits per heavy atom. The van der Waals surface area contributed by atoms with E-state index in [2.05, 4.69) is 43.5 Å². The summed E-state index contributed by atoms with van der Waals surface area (Å²) in [5.41, 5.74) is 8.29. The van der Waals surface area contributed by atoms with Crippen molar-refractivity contribution in [3.63, 3.8) is 0 Å². The zero-order valence-electron chi connectivity index (χ0n) is 14.5. The molecule has 3 N–H and O–H groups in total. The predicted octanol–water partition coefficient (Wildman–Crippen LogP) is 3.03. The molecule has 0 aliphatic rings. The Hall–Kier alpha value is -1.84. The van der Waals surface area contributed by atoms with E-state index in [1.807, 2.05) is 18.1 Å². The molecule has 0 atom stereocenters. The summed E-state index contributed by atoms with van der Waals surface area (Å²) in [6.45, 7) is 21.2. The fourth-order valence-corrected chi connectivity index (χ4v) is 2.08. The maximum atomic E-state index is 5.60. The first-order valence-electron chi connectivity index (χ1n) is 8.01. The number of nitrogens with two attached hydrogens (primary N) is 1. The van der Waals surface area contributed by atoms with Gasteiger partial charge in [-0.1, -0.05) is 32.7 Å². The van der Waals surface area contributed by atoms with E-state index in [1.54, 1.807) is 0 Å². The molecule has 0 aromatic carbocycles. The maximum Gasteiger partial charge on any atom is 0.0562 e.